The first-order valence-electron chi connectivity index (χ1n) is 5.48. The van der Waals surface area contributed by atoms with E-state index in [2.05, 4.69) is 15.9 Å². The molecular weight excluding hydrogens is 273 g/mol. The highest BCUT2D eigenvalue weighted by atomic mass is 79.9. The number of phenolic OH excluding ortho intramolecular Hbond substituents is 1. The van der Waals surface area contributed by atoms with Gasteiger partial charge in [-0.15, -0.1) is 0 Å². The van der Waals surface area contributed by atoms with E-state index in [4.69, 9.17) is 5.73 Å². The molecule has 0 saturated heterocycles. The van der Waals surface area contributed by atoms with Crippen LogP contribution in [0, 0.1) is 5.82 Å². The summed E-state index contributed by atoms with van der Waals surface area (Å²) in [6, 6.07) is 3.05. The molecule has 0 spiro atoms. The van der Waals surface area contributed by atoms with Gasteiger partial charge < -0.3 is 10.8 Å². The topological polar surface area (TPSA) is 46.2 Å². The molecule has 3 N–H and O–H groups in total. The molecule has 1 aromatic carbocycles. The summed E-state index contributed by atoms with van der Waals surface area (Å²) >= 11 is 3.15. The van der Waals surface area contributed by atoms with E-state index >= 15 is 0 Å². The zero-order chi connectivity index (χ0) is 11.8. The molecule has 1 fully saturated rings. The van der Waals surface area contributed by atoms with Crippen LogP contribution in [0.1, 0.15) is 31.2 Å². The number of hydrogen-bond donors (Lipinski definition) is 2. The first-order valence-corrected chi connectivity index (χ1v) is 6.27. The second-order valence-electron chi connectivity index (χ2n) is 4.45. The SMILES string of the molecule is NCC1(c2c(O)ccc(Br)c2F)CCCC1. The lowest BCUT2D eigenvalue weighted by atomic mass is 9.78. The lowest BCUT2D eigenvalue weighted by Gasteiger charge is -2.29. The van der Waals surface area contributed by atoms with Crippen molar-refractivity contribution < 1.29 is 9.50 Å². The predicted molar refractivity (Wildman–Crippen MR) is 65.0 cm³/mol. The Hall–Kier alpha value is -0.610. The highest BCUT2D eigenvalue weighted by Crippen LogP contribution is 2.46. The molecule has 2 nitrogen and oxygen atoms in total. The maximum atomic E-state index is 14.1. The van der Waals surface area contributed by atoms with Gasteiger partial charge in [0, 0.05) is 17.5 Å². The Morgan fingerprint density at radius 1 is 1.38 bits per heavy atom. The van der Waals surface area contributed by atoms with Crippen LogP contribution in [0.2, 0.25) is 0 Å². The molecule has 1 aromatic rings. The van der Waals surface area contributed by atoms with Crippen molar-refractivity contribution in [1.29, 1.82) is 0 Å². The van der Waals surface area contributed by atoms with E-state index < -0.39 is 0 Å². The van der Waals surface area contributed by atoms with Crippen LogP contribution in [0.3, 0.4) is 0 Å². The molecule has 4 heteroatoms. The van der Waals surface area contributed by atoms with Crippen molar-refractivity contribution in [2.45, 2.75) is 31.1 Å². The van der Waals surface area contributed by atoms with Crippen molar-refractivity contribution >= 4 is 15.9 Å². The Kier molecular flexibility index (Phi) is 3.22. The summed E-state index contributed by atoms with van der Waals surface area (Å²) in [4.78, 5) is 0. The zero-order valence-electron chi connectivity index (χ0n) is 8.97. The van der Waals surface area contributed by atoms with Crippen LogP contribution in [-0.2, 0) is 5.41 Å². The van der Waals surface area contributed by atoms with Gasteiger partial charge in [0.25, 0.3) is 0 Å². The zero-order valence-corrected chi connectivity index (χ0v) is 10.6. The summed E-state index contributed by atoms with van der Waals surface area (Å²) in [5.41, 5.74) is 5.81. The van der Waals surface area contributed by atoms with Gasteiger partial charge in [-0.05, 0) is 40.9 Å². The Balaban J connectivity index is 2.57. The van der Waals surface area contributed by atoms with Crippen LogP contribution in [0.5, 0.6) is 5.75 Å². The average molecular weight is 288 g/mol. The number of phenols is 1. The minimum atomic E-state index is -0.377. The third kappa shape index (κ3) is 1.74. The van der Waals surface area contributed by atoms with E-state index in [1.54, 1.807) is 0 Å². The fraction of sp³-hybridized carbons (Fsp3) is 0.500. The van der Waals surface area contributed by atoms with E-state index in [9.17, 15) is 9.50 Å². The monoisotopic (exact) mass is 287 g/mol. The number of aromatic hydroxyl groups is 1. The van der Waals surface area contributed by atoms with E-state index in [1.807, 2.05) is 0 Å². The number of hydrogen-bond acceptors (Lipinski definition) is 2. The molecule has 0 heterocycles. The second kappa shape index (κ2) is 4.34. The molecule has 16 heavy (non-hydrogen) atoms. The molecule has 1 aliphatic rings. The number of rotatable bonds is 2. The quantitative estimate of drug-likeness (QED) is 0.878. The molecular formula is C12H15BrFNO. The molecule has 0 radical (unpaired) electrons. The number of benzene rings is 1. The van der Waals surface area contributed by atoms with E-state index in [0.717, 1.165) is 25.7 Å². The summed E-state index contributed by atoms with van der Waals surface area (Å²) in [5, 5.41) is 9.86. The molecule has 88 valence electrons. The summed E-state index contributed by atoms with van der Waals surface area (Å²) in [6.45, 7) is 0.383. The van der Waals surface area contributed by atoms with Crippen molar-refractivity contribution in [1.82, 2.24) is 0 Å². The summed E-state index contributed by atoms with van der Waals surface area (Å²) < 4.78 is 14.5. The van der Waals surface area contributed by atoms with Crippen LogP contribution in [-0.4, -0.2) is 11.7 Å². The van der Waals surface area contributed by atoms with E-state index in [-0.39, 0.29) is 17.0 Å². The molecule has 1 saturated carbocycles. The predicted octanol–water partition coefficient (Wildman–Crippen LogP) is 3.06. The lowest BCUT2D eigenvalue weighted by Crippen LogP contribution is -2.33. The molecule has 0 bridgehead atoms. The van der Waals surface area contributed by atoms with Gasteiger partial charge in [0.05, 0.1) is 4.47 Å². The van der Waals surface area contributed by atoms with Gasteiger partial charge in [-0.25, -0.2) is 4.39 Å². The first-order chi connectivity index (χ1) is 7.60. The second-order valence-corrected chi connectivity index (χ2v) is 5.30. The molecule has 0 atom stereocenters. The van der Waals surface area contributed by atoms with Gasteiger partial charge in [0.15, 0.2) is 0 Å². The fourth-order valence-electron chi connectivity index (χ4n) is 2.65. The third-order valence-corrected chi connectivity index (χ3v) is 4.17. The maximum Gasteiger partial charge on any atom is 0.144 e. The standard InChI is InChI=1S/C12H15BrFNO/c13-8-3-4-9(16)10(11(8)14)12(7-15)5-1-2-6-12/h3-4,16H,1-2,5-7,15H2. The Morgan fingerprint density at radius 3 is 2.56 bits per heavy atom. The molecule has 0 amide bonds. The van der Waals surface area contributed by atoms with Crippen molar-refractivity contribution in [3.8, 4) is 5.75 Å². The van der Waals surface area contributed by atoms with E-state index in [0.29, 0.717) is 16.6 Å². The average Bonchev–Trinajstić information content (AvgIpc) is 2.74. The number of nitrogens with two attached hydrogens (primary N) is 1. The highest BCUT2D eigenvalue weighted by molar-refractivity contribution is 9.10. The van der Waals surface area contributed by atoms with Gasteiger partial charge in [-0.1, -0.05) is 12.8 Å². The van der Waals surface area contributed by atoms with Crippen LogP contribution in [0.4, 0.5) is 4.39 Å². The first kappa shape index (κ1) is 11.9. The summed E-state index contributed by atoms with van der Waals surface area (Å²) in [6.07, 6.45) is 3.79. The molecule has 0 aliphatic heterocycles. The largest absolute Gasteiger partial charge is 0.508 e. The van der Waals surface area contributed by atoms with Crippen LogP contribution >= 0.6 is 15.9 Å². The minimum Gasteiger partial charge on any atom is -0.508 e. The van der Waals surface area contributed by atoms with Crippen LogP contribution in [0.15, 0.2) is 16.6 Å². The Bertz CT molecular complexity index is 402. The van der Waals surface area contributed by atoms with Gasteiger partial charge >= 0.3 is 0 Å². The molecule has 1 aliphatic carbocycles. The van der Waals surface area contributed by atoms with Crippen molar-refractivity contribution in [3.05, 3.63) is 28.0 Å². The number of halogens is 2. The summed E-state index contributed by atoms with van der Waals surface area (Å²) in [5.74, 6) is -0.347. The van der Waals surface area contributed by atoms with Crippen molar-refractivity contribution in [2.75, 3.05) is 6.54 Å². The van der Waals surface area contributed by atoms with Gasteiger partial charge in [0.1, 0.15) is 11.6 Å². The highest BCUT2D eigenvalue weighted by Gasteiger charge is 2.39. The van der Waals surface area contributed by atoms with Crippen molar-refractivity contribution in [2.24, 2.45) is 5.73 Å². The van der Waals surface area contributed by atoms with Crippen LogP contribution in [0.25, 0.3) is 0 Å². The van der Waals surface area contributed by atoms with Crippen LogP contribution < -0.4 is 5.73 Å². The van der Waals surface area contributed by atoms with Gasteiger partial charge in [-0.3, -0.25) is 0 Å². The lowest BCUT2D eigenvalue weighted by molar-refractivity contribution is 0.384. The smallest absolute Gasteiger partial charge is 0.144 e. The van der Waals surface area contributed by atoms with Gasteiger partial charge in [-0.2, -0.15) is 0 Å². The van der Waals surface area contributed by atoms with E-state index in [1.165, 1.54) is 12.1 Å². The van der Waals surface area contributed by atoms with Gasteiger partial charge in [0.2, 0.25) is 0 Å². The third-order valence-electron chi connectivity index (χ3n) is 3.55. The Morgan fingerprint density at radius 2 is 2.00 bits per heavy atom. The fourth-order valence-corrected chi connectivity index (χ4v) is 2.98. The maximum absolute atomic E-state index is 14.1. The normalized spacial score (nSPS) is 18.9. The minimum absolute atomic E-state index is 0.0213. The van der Waals surface area contributed by atoms with Crippen molar-refractivity contribution in [3.63, 3.8) is 0 Å². The molecule has 0 unspecified atom stereocenters. The Labute approximate surface area is 103 Å². The summed E-state index contributed by atoms with van der Waals surface area (Å²) in [7, 11) is 0. The molecule has 2 rings (SSSR count). The molecule has 0 aromatic heterocycles.